The van der Waals surface area contributed by atoms with Crippen LogP contribution in [0, 0.1) is 13.8 Å². The number of hydrogen-bond donors (Lipinski definition) is 1. The van der Waals surface area contributed by atoms with E-state index in [4.69, 9.17) is 0 Å². The molecule has 82 valence electrons. The van der Waals surface area contributed by atoms with Crippen LogP contribution in [-0.2, 0) is 0 Å². The highest BCUT2D eigenvalue weighted by Crippen LogP contribution is 2.23. The van der Waals surface area contributed by atoms with Gasteiger partial charge in [-0.05, 0) is 25.0 Å². The maximum absolute atomic E-state index is 10.2. The predicted molar refractivity (Wildman–Crippen MR) is 66.4 cm³/mol. The Balaban J connectivity index is 2.37. The zero-order chi connectivity index (χ0) is 11.5. The van der Waals surface area contributed by atoms with Crippen molar-refractivity contribution in [3.05, 3.63) is 70.8 Å². The number of hydrogen-bond acceptors (Lipinski definition) is 1. The quantitative estimate of drug-likeness (QED) is 0.809. The van der Waals surface area contributed by atoms with Gasteiger partial charge in [0.05, 0.1) is 0 Å². The Kier molecular flexibility index (Phi) is 3.07. The summed E-state index contributed by atoms with van der Waals surface area (Å²) in [6.45, 7) is 4.10. The molecule has 2 aromatic rings. The van der Waals surface area contributed by atoms with Crippen molar-refractivity contribution in [2.24, 2.45) is 0 Å². The van der Waals surface area contributed by atoms with Crippen LogP contribution in [0.3, 0.4) is 0 Å². The minimum atomic E-state index is -0.528. The summed E-state index contributed by atoms with van der Waals surface area (Å²) in [7, 11) is 0. The van der Waals surface area contributed by atoms with Gasteiger partial charge in [-0.25, -0.2) is 0 Å². The van der Waals surface area contributed by atoms with E-state index in [1.54, 1.807) is 0 Å². The highest BCUT2D eigenvalue weighted by Gasteiger charge is 2.10. The lowest BCUT2D eigenvalue weighted by molar-refractivity contribution is 0.220. The summed E-state index contributed by atoms with van der Waals surface area (Å²) in [6, 6.07) is 15.9. The van der Waals surface area contributed by atoms with Crippen molar-refractivity contribution in [1.29, 1.82) is 0 Å². The lowest BCUT2D eigenvalue weighted by Gasteiger charge is -2.13. The first kappa shape index (κ1) is 10.9. The molecule has 0 saturated heterocycles. The molecule has 0 aliphatic carbocycles. The van der Waals surface area contributed by atoms with Crippen LogP contribution in [0.5, 0.6) is 0 Å². The van der Waals surface area contributed by atoms with Crippen LogP contribution in [-0.4, -0.2) is 5.11 Å². The summed E-state index contributed by atoms with van der Waals surface area (Å²) in [6.07, 6.45) is -0.528. The fourth-order valence-corrected chi connectivity index (χ4v) is 2.00. The Hall–Kier alpha value is -1.60. The van der Waals surface area contributed by atoms with Gasteiger partial charge >= 0.3 is 0 Å². The van der Waals surface area contributed by atoms with E-state index in [0.29, 0.717) is 0 Å². The molecule has 0 aromatic heterocycles. The van der Waals surface area contributed by atoms with E-state index in [1.807, 2.05) is 56.3 Å². The number of benzene rings is 2. The van der Waals surface area contributed by atoms with Crippen LogP contribution in [0.4, 0.5) is 0 Å². The molecular weight excluding hydrogens is 196 g/mol. The fourth-order valence-electron chi connectivity index (χ4n) is 2.00. The van der Waals surface area contributed by atoms with Gasteiger partial charge in [0, 0.05) is 0 Å². The van der Waals surface area contributed by atoms with Gasteiger partial charge in [0.15, 0.2) is 0 Å². The standard InChI is InChI=1S/C15H16O/c1-11-8-12(2)10-14(9-11)15(16)13-6-4-3-5-7-13/h3-10,15-16H,1-2H3. The number of aliphatic hydroxyl groups is 1. The van der Waals surface area contributed by atoms with Crippen LogP contribution in [0.2, 0.25) is 0 Å². The molecule has 1 atom stereocenters. The van der Waals surface area contributed by atoms with Gasteiger partial charge in [0.1, 0.15) is 6.10 Å². The smallest absolute Gasteiger partial charge is 0.104 e. The minimum absolute atomic E-state index is 0.528. The molecule has 16 heavy (non-hydrogen) atoms. The third-order valence-corrected chi connectivity index (χ3v) is 2.68. The van der Waals surface area contributed by atoms with Gasteiger partial charge in [0.25, 0.3) is 0 Å². The second kappa shape index (κ2) is 4.50. The van der Waals surface area contributed by atoms with E-state index in [2.05, 4.69) is 6.07 Å². The first-order valence-corrected chi connectivity index (χ1v) is 5.48. The first-order chi connectivity index (χ1) is 7.66. The fraction of sp³-hybridized carbons (Fsp3) is 0.200. The molecule has 0 fully saturated rings. The molecule has 0 amide bonds. The van der Waals surface area contributed by atoms with Crippen molar-refractivity contribution in [1.82, 2.24) is 0 Å². The minimum Gasteiger partial charge on any atom is -0.384 e. The normalized spacial score (nSPS) is 12.4. The molecule has 0 spiro atoms. The molecule has 0 aliphatic rings. The van der Waals surface area contributed by atoms with E-state index < -0.39 is 6.10 Å². The van der Waals surface area contributed by atoms with Crippen LogP contribution in [0.15, 0.2) is 48.5 Å². The predicted octanol–water partition coefficient (Wildman–Crippen LogP) is 3.39. The second-order valence-corrected chi connectivity index (χ2v) is 4.23. The maximum Gasteiger partial charge on any atom is 0.104 e. The van der Waals surface area contributed by atoms with Crippen LogP contribution in [0.25, 0.3) is 0 Å². The molecule has 0 aliphatic heterocycles. The molecule has 0 radical (unpaired) electrons. The summed E-state index contributed by atoms with van der Waals surface area (Å²) in [5.41, 5.74) is 4.27. The van der Waals surface area contributed by atoms with Crippen LogP contribution in [0.1, 0.15) is 28.4 Å². The Labute approximate surface area is 96.4 Å². The highest BCUT2D eigenvalue weighted by atomic mass is 16.3. The van der Waals surface area contributed by atoms with Gasteiger partial charge in [-0.1, -0.05) is 59.7 Å². The first-order valence-electron chi connectivity index (χ1n) is 5.48. The van der Waals surface area contributed by atoms with E-state index >= 15 is 0 Å². The van der Waals surface area contributed by atoms with Crippen LogP contribution < -0.4 is 0 Å². The third-order valence-electron chi connectivity index (χ3n) is 2.68. The molecular formula is C15H16O. The second-order valence-electron chi connectivity index (χ2n) is 4.23. The maximum atomic E-state index is 10.2. The van der Waals surface area contributed by atoms with Crippen molar-refractivity contribution in [2.45, 2.75) is 20.0 Å². The average molecular weight is 212 g/mol. The zero-order valence-electron chi connectivity index (χ0n) is 9.64. The Morgan fingerprint density at radius 1 is 0.812 bits per heavy atom. The SMILES string of the molecule is Cc1cc(C)cc(C(O)c2ccccc2)c1. The van der Waals surface area contributed by atoms with Crippen molar-refractivity contribution in [3.63, 3.8) is 0 Å². The van der Waals surface area contributed by atoms with E-state index in [1.165, 1.54) is 11.1 Å². The number of aryl methyl sites for hydroxylation is 2. The molecule has 2 aromatic carbocycles. The summed E-state index contributed by atoms with van der Waals surface area (Å²) in [5, 5.41) is 10.2. The van der Waals surface area contributed by atoms with Crippen molar-refractivity contribution in [2.75, 3.05) is 0 Å². The topological polar surface area (TPSA) is 20.2 Å². The number of rotatable bonds is 2. The van der Waals surface area contributed by atoms with Crippen LogP contribution >= 0.6 is 0 Å². The van der Waals surface area contributed by atoms with Gasteiger partial charge in [-0.15, -0.1) is 0 Å². The molecule has 1 nitrogen and oxygen atoms in total. The molecule has 2 rings (SSSR count). The molecule has 1 N–H and O–H groups in total. The van der Waals surface area contributed by atoms with Crippen molar-refractivity contribution >= 4 is 0 Å². The van der Waals surface area contributed by atoms with Gasteiger partial charge in [-0.3, -0.25) is 0 Å². The Morgan fingerprint density at radius 2 is 1.38 bits per heavy atom. The average Bonchev–Trinajstić information content (AvgIpc) is 2.28. The van der Waals surface area contributed by atoms with Gasteiger partial charge in [0.2, 0.25) is 0 Å². The monoisotopic (exact) mass is 212 g/mol. The van der Waals surface area contributed by atoms with E-state index in [9.17, 15) is 5.11 Å². The molecule has 1 heteroatoms. The van der Waals surface area contributed by atoms with Gasteiger partial charge < -0.3 is 5.11 Å². The van der Waals surface area contributed by atoms with Crippen molar-refractivity contribution in [3.8, 4) is 0 Å². The molecule has 0 saturated carbocycles. The summed E-state index contributed by atoms with van der Waals surface area (Å²) in [5.74, 6) is 0. The lowest BCUT2D eigenvalue weighted by Crippen LogP contribution is -2.00. The van der Waals surface area contributed by atoms with E-state index in [-0.39, 0.29) is 0 Å². The Bertz CT molecular complexity index is 454. The van der Waals surface area contributed by atoms with E-state index in [0.717, 1.165) is 11.1 Å². The third kappa shape index (κ3) is 2.31. The lowest BCUT2D eigenvalue weighted by atomic mass is 9.98. The van der Waals surface area contributed by atoms with Crippen molar-refractivity contribution < 1.29 is 5.11 Å². The summed E-state index contributed by atoms with van der Waals surface area (Å²) >= 11 is 0. The molecule has 0 bridgehead atoms. The highest BCUT2D eigenvalue weighted by molar-refractivity contribution is 5.35. The number of aliphatic hydroxyl groups excluding tert-OH is 1. The summed E-state index contributed by atoms with van der Waals surface area (Å²) in [4.78, 5) is 0. The zero-order valence-corrected chi connectivity index (χ0v) is 9.64. The Morgan fingerprint density at radius 3 is 1.94 bits per heavy atom. The largest absolute Gasteiger partial charge is 0.384 e. The summed E-state index contributed by atoms with van der Waals surface area (Å²) < 4.78 is 0. The molecule has 0 heterocycles. The molecule has 1 unspecified atom stereocenters. The van der Waals surface area contributed by atoms with Gasteiger partial charge in [-0.2, -0.15) is 0 Å².